The van der Waals surface area contributed by atoms with Gasteiger partial charge in [0.05, 0.1) is 6.26 Å². The molecule has 2 rings (SSSR count). The SMILES string of the molecule is C[S+]([O-])C1C(=O)Nc2ccc(Cl)cc21. The van der Waals surface area contributed by atoms with Crippen LogP contribution in [0.25, 0.3) is 0 Å². The van der Waals surface area contributed by atoms with Crippen LogP contribution in [0.15, 0.2) is 18.2 Å². The maximum atomic E-state index is 11.4. The van der Waals surface area contributed by atoms with Crippen LogP contribution in [0.1, 0.15) is 10.8 Å². The number of amides is 1. The second-order valence-electron chi connectivity index (χ2n) is 3.10. The lowest BCUT2D eigenvalue weighted by Crippen LogP contribution is -2.19. The molecule has 2 atom stereocenters. The van der Waals surface area contributed by atoms with E-state index in [9.17, 15) is 9.35 Å². The summed E-state index contributed by atoms with van der Waals surface area (Å²) < 4.78 is 11.3. The molecule has 1 N–H and O–H groups in total. The van der Waals surface area contributed by atoms with Crippen molar-refractivity contribution in [1.82, 2.24) is 0 Å². The Morgan fingerprint density at radius 2 is 2.29 bits per heavy atom. The lowest BCUT2D eigenvalue weighted by molar-refractivity contribution is -0.115. The van der Waals surface area contributed by atoms with Gasteiger partial charge in [-0.2, -0.15) is 0 Å². The lowest BCUT2D eigenvalue weighted by atomic mass is 10.1. The zero-order valence-corrected chi connectivity index (χ0v) is 8.98. The number of anilines is 1. The van der Waals surface area contributed by atoms with E-state index in [-0.39, 0.29) is 5.91 Å². The van der Waals surface area contributed by atoms with E-state index in [2.05, 4.69) is 5.32 Å². The Morgan fingerprint density at radius 1 is 1.57 bits per heavy atom. The molecule has 0 saturated carbocycles. The van der Waals surface area contributed by atoms with Gasteiger partial charge in [-0.25, -0.2) is 0 Å². The van der Waals surface area contributed by atoms with Crippen molar-refractivity contribution in [2.45, 2.75) is 5.25 Å². The average Bonchev–Trinajstić information content (AvgIpc) is 2.40. The standard InChI is InChI=1S/C9H8ClNO2S/c1-14(13)8-6-4-5(10)2-3-7(6)11-9(8)12/h2-4,8H,1H3,(H,11,12). The van der Waals surface area contributed by atoms with Crippen LogP contribution >= 0.6 is 11.6 Å². The summed E-state index contributed by atoms with van der Waals surface area (Å²) in [6.45, 7) is 0. The fraction of sp³-hybridized carbons (Fsp3) is 0.222. The summed E-state index contributed by atoms with van der Waals surface area (Å²) in [6, 6.07) is 5.10. The number of hydrogen-bond donors (Lipinski definition) is 1. The minimum atomic E-state index is -1.21. The van der Waals surface area contributed by atoms with E-state index in [0.29, 0.717) is 10.7 Å². The fourth-order valence-corrected chi connectivity index (χ4v) is 2.63. The average molecular weight is 230 g/mol. The van der Waals surface area contributed by atoms with Gasteiger partial charge in [0.2, 0.25) is 5.25 Å². The molecule has 0 spiro atoms. The molecule has 2 unspecified atom stereocenters. The van der Waals surface area contributed by atoms with Crippen LogP contribution in [0.4, 0.5) is 5.69 Å². The van der Waals surface area contributed by atoms with Crippen LogP contribution in [0, 0.1) is 0 Å². The Bertz CT molecular complexity index is 394. The maximum absolute atomic E-state index is 11.4. The summed E-state index contributed by atoms with van der Waals surface area (Å²) in [4.78, 5) is 11.4. The number of hydrogen-bond acceptors (Lipinski definition) is 2. The Hall–Kier alpha value is -0.710. The van der Waals surface area contributed by atoms with Gasteiger partial charge < -0.3 is 9.87 Å². The molecule has 3 nitrogen and oxygen atoms in total. The van der Waals surface area contributed by atoms with Crippen molar-refractivity contribution in [2.24, 2.45) is 0 Å². The predicted octanol–water partition coefficient (Wildman–Crippen LogP) is 1.71. The second-order valence-corrected chi connectivity index (χ2v) is 5.00. The van der Waals surface area contributed by atoms with Gasteiger partial charge >= 0.3 is 0 Å². The molecule has 0 radical (unpaired) electrons. The van der Waals surface area contributed by atoms with Crippen molar-refractivity contribution in [3.8, 4) is 0 Å². The molecule has 0 aliphatic carbocycles. The monoisotopic (exact) mass is 229 g/mol. The van der Waals surface area contributed by atoms with Gasteiger partial charge in [0.25, 0.3) is 5.91 Å². The Morgan fingerprint density at radius 3 is 2.93 bits per heavy atom. The maximum Gasteiger partial charge on any atom is 0.282 e. The molecule has 1 amide bonds. The van der Waals surface area contributed by atoms with E-state index in [1.165, 1.54) is 6.26 Å². The van der Waals surface area contributed by atoms with Gasteiger partial charge in [0.15, 0.2) is 0 Å². The summed E-state index contributed by atoms with van der Waals surface area (Å²) in [5.74, 6) is -0.219. The molecular weight excluding hydrogens is 222 g/mol. The molecule has 0 bridgehead atoms. The van der Waals surface area contributed by atoms with E-state index in [1.807, 2.05) is 0 Å². The lowest BCUT2D eigenvalue weighted by Gasteiger charge is -2.10. The molecule has 1 aromatic rings. The molecule has 0 aromatic heterocycles. The number of halogens is 1. The predicted molar refractivity (Wildman–Crippen MR) is 56.9 cm³/mol. The van der Waals surface area contributed by atoms with E-state index in [0.717, 1.165) is 5.56 Å². The molecule has 1 aromatic carbocycles. The quantitative estimate of drug-likeness (QED) is 0.746. The van der Waals surface area contributed by atoms with Crippen LogP contribution in [-0.4, -0.2) is 16.7 Å². The van der Waals surface area contributed by atoms with Crippen molar-refractivity contribution < 1.29 is 9.35 Å². The highest BCUT2D eigenvalue weighted by atomic mass is 35.5. The van der Waals surface area contributed by atoms with Crippen molar-refractivity contribution in [1.29, 1.82) is 0 Å². The summed E-state index contributed by atoms with van der Waals surface area (Å²) in [5.41, 5.74) is 1.43. The molecule has 74 valence electrons. The van der Waals surface area contributed by atoms with Gasteiger partial charge in [-0.05, 0) is 29.4 Å². The zero-order valence-electron chi connectivity index (χ0n) is 7.41. The molecule has 5 heteroatoms. The van der Waals surface area contributed by atoms with Crippen molar-refractivity contribution in [3.63, 3.8) is 0 Å². The van der Waals surface area contributed by atoms with Crippen molar-refractivity contribution >= 4 is 34.4 Å². The number of benzene rings is 1. The Labute approximate surface area is 89.6 Å². The van der Waals surface area contributed by atoms with Crippen LogP contribution in [0.5, 0.6) is 0 Å². The summed E-state index contributed by atoms with van der Waals surface area (Å²) >= 11 is 4.59. The van der Waals surface area contributed by atoms with E-state index >= 15 is 0 Å². The Balaban J connectivity index is 2.50. The first-order valence-corrected chi connectivity index (χ1v) is 6.02. The van der Waals surface area contributed by atoms with Crippen LogP contribution in [0.3, 0.4) is 0 Å². The molecule has 1 aliphatic rings. The number of fused-ring (bicyclic) bond motifs is 1. The van der Waals surface area contributed by atoms with Crippen LogP contribution in [0.2, 0.25) is 5.02 Å². The van der Waals surface area contributed by atoms with Gasteiger partial charge in [-0.3, -0.25) is 4.79 Å². The number of carbonyl (C=O) groups excluding carboxylic acids is 1. The van der Waals surface area contributed by atoms with Crippen LogP contribution < -0.4 is 5.32 Å². The van der Waals surface area contributed by atoms with E-state index < -0.39 is 16.4 Å². The molecule has 0 fully saturated rings. The number of nitrogens with one attached hydrogen (secondary N) is 1. The number of carbonyl (C=O) groups is 1. The minimum absolute atomic E-state index is 0.219. The van der Waals surface area contributed by atoms with Gasteiger partial charge in [-0.1, -0.05) is 11.6 Å². The van der Waals surface area contributed by atoms with Gasteiger partial charge in [0, 0.05) is 16.3 Å². The Kier molecular flexibility index (Phi) is 2.43. The first-order valence-electron chi connectivity index (χ1n) is 4.02. The van der Waals surface area contributed by atoms with Crippen molar-refractivity contribution in [3.05, 3.63) is 28.8 Å². The smallest absolute Gasteiger partial charge is 0.282 e. The fourth-order valence-electron chi connectivity index (χ4n) is 1.53. The topological polar surface area (TPSA) is 52.2 Å². The zero-order chi connectivity index (χ0) is 10.3. The minimum Gasteiger partial charge on any atom is -0.616 e. The van der Waals surface area contributed by atoms with Gasteiger partial charge in [-0.15, -0.1) is 0 Å². The summed E-state index contributed by atoms with van der Waals surface area (Å²) in [5, 5.41) is 2.64. The third-order valence-electron chi connectivity index (χ3n) is 2.12. The summed E-state index contributed by atoms with van der Waals surface area (Å²) in [7, 11) is 0. The summed E-state index contributed by atoms with van der Waals surface area (Å²) in [6.07, 6.45) is 1.51. The molecule has 1 aliphatic heterocycles. The first kappa shape index (κ1) is 9.83. The highest BCUT2D eigenvalue weighted by Crippen LogP contribution is 2.37. The molecule has 14 heavy (non-hydrogen) atoms. The highest BCUT2D eigenvalue weighted by molar-refractivity contribution is 7.91. The third kappa shape index (κ3) is 1.49. The third-order valence-corrected chi connectivity index (χ3v) is 3.49. The van der Waals surface area contributed by atoms with E-state index in [1.54, 1.807) is 18.2 Å². The highest BCUT2D eigenvalue weighted by Gasteiger charge is 2.37. The molecular formula is C9H8ClNO2S. The first-order chi connectivity index (χ1) is 6.59. The molecule has 1 heterocycles. The second kappa shape index (κ2) is 3.46. The largest absolute Gasteiger partial charge is 0.616 e. The number of rotatable bonds is 1. The van der Waals surface area contributed by atoms with E-state index in [4.69, 9.17) is 11.6 Å². The van der Waals surface area contributed by atoms with Crippen molar-refractivity contribution in [2.75, 3.05) is 11.6 Å². The normalized spacial score (nSPS) is 21.6. The van der Waals surface area contributed by atoms with Gasteiger partial charge in [0.1, 0.15) is 0 Å². The molecule has 0 saturated heterocycles. The van der Waals surface area contributed by atoms with Crippen LogP contribution in [-0.2, 0) is 16.0 Å².